The lowest BCUT2D eigenvalue weighted by atomic mass is 10.1. The first-order chi connectivity index (χ1) is 14.9. The average Bonchev–Trinajstić information content (AvgIpc) is 3.05. The Labute approximate surface area is 181 Å². The van der Waals surface area contributed by atoms with E-state index in [-0.39, 0.29) is 24.7 Å². The number of fused-ring (bicyclic) bond motifs is 1. The SMILES string of the molecule is Cc1cc(C(=O)CN2C(=O)CCc3ccccc3NC2=O)c(C)n1Cc1ccccc1. The number of imide groups is 1. The number of amides is 3. The summed E-state index contributed by atoms with van der Waals surface area (Å²) < 4.78 is 2.08. The zero-order valence-corrected chi connectivity index (χ0v) is 17.7. The van der Waals surface area contributed by atoms with Gasteiger partial charge in [-0.1, -0.05) is 48.5 Å². The Hall–Kier alpha value is -3.67. The van der Waals surface area contributed by atoms with Crippen molar-refractivity contribution >= 4 is 23.4 Å². The number of hydrogen-bond acceptors (Lipinski definition) is 3. The Bertz CT molecular complexity index is 1150. The summed E-state index contributed by atoms with van der Waals surface area (Å²) in [4.78, 5) is 39.5. The molecule has 3 aromatic rings. The Morgan fingerprint density at radius 2 is 1.68 bits per heavy atom. The van der Waals surface area contributed by atoms with Gasteiger partial charge in [0.25, 0.3) is 0 Å². The van der Waals surface area contributed by atoms with E-state index >= 15 is 0 Å². The normalized spacial score (nSPS) is 13.9. The monoisotopic (exact) mass is 415 g/mol. The van der Waals surface area contributed by atoms with Crippen molar-refractivity contribution in [3.63, 3.8) is 0 Å². The van der Waals surface area contributed by atoms with Crippen molar-refractivity contribution in [2.24, 2.45) is 0 Å². The van der Waals surface area contributed by atoms with Gasteiger partial charge >= 0.3 is 6.03 Å². The molecule has 31 heavy (non-hydrogen) atoms. The predicted molar refractivity (Wildman–Crippen MR) is 119 cm³/mol. The minimum atomic E-state index is -0.566. The van der Waals surface area contributed by atoms with Crippen LogP contribution in [0.25, 0.3) is 0 Å². The fourth-order valence-electron chi connectivity index (χ4n) is 4.01. The summed E-state index contributed by atoms with van der Waals surface area (Å²) in [5, 5.41) is 2.77. The molecule has 0 saturated carbocycles. The highest BCUT2D eigenvalue weighted by Gasteiger charge is 2.28. The van der Waals surface area contributed by atoms with Gasteiger partial charge in [0.05, 0.1) is 6.54 Å². The second kappa shape index (κ2) is 8.60. The van der Waals surface area contributed by atoms with Crippen molar-refractivity contribution < 1.29 is 14.4 Å². The van der Waals surface area contributed by atoms with Crippen LogP contribution in [0.15, 0.2) is 60.7 Å². The van der Waals surface area contributed by atoms with E-state index in [4.69, 9.17) is 0 Å². The second-order valence-corrected chi connectivity index (χ2v) is 7.85. The van der Waals surface area contributed by atoms with Crippen molar-refractivity contribution in [1.82, 2.24) is 9.47 Å². The molecule has 6 heteroatoms. The molecule has 0 radical (unpaired) electrons. The first-order valence-electron chi connectivity index (χ1n) is 10.4. The van der Waals surface area contributed by atoms with E-state index in [1.165, 1.54) is 0 Å². The quantitative estimate of drug-likeness (QED) is 0.630. The number of nitrogens with one attached hydrogen (secondary N) is 1. The van der Waals surface area contributed by atoms with Gasteiger partial charge in [-0.2, -0.15) is 0 Å². The molecule has 2 aromatic carbocycles. The van der Waals surface area contributed by atoms with Crippen LogP contribution in [-0.4, -0.2) is 33.7 Å². The lowest BCUT2D eigenvalue weighted by molar-refractivity contribution is -0.127. The van der Waals surface area contributed by atoms with E-state index in [2.05, 4.69) is 9.88 Å². The zero-order valence-electron chi connectivity index (χ0n) is 17.7. The van der Waals surface area contributed by atoms with Crippen molar-refractivity contribution in [2.75, 3.05) is 11.9 Å². The van der Waals surface area contributed by atoms with Gasteiger partial charge in [0.1, 0.15) is 0 Å². The third-order valence-electron chi connectivity index (χ3n) is 5.77. The molecular formula is C25H25N3O3. The lowest BCUT2D eigenvalue weighted by Crippen LogP contribution is -2.44. The van der Waals surface area contributed by atoms with E-state index in [9.17, 15) is 14.4 Å². The smallest absolute Gasteiger partial charge is 0.328 e. The van der Waals surface area contributed by atoms with Crippen LogP contribution in [0.4, 0.5) is 10.5 Å². The molecule has 0 bridgehead atoms. The molecule has 1 aromatic heterocycles. The number of anilines is 1. The van der Waals surface area contributed by atoms with Gasteiger partial charge in [-0.05, 0) is 43.5 Å². The van der Waals surface area contributed by atoms with Crippen LogP contribution >= 0.6 is 0 Å². The number of nitrogens with zero attached hydrogens (tertiary/aromatic N) is 2. The Kier molecular flexibility index (Phi) is 5.71. The molecule has 1 aliphatic heterocycles. The molecule has 158 valence electrons. The molecule has 4 rings (SSSR count). The summed E-state index contributed by atoms with van der Waals surface area (Å²) in [6, 6.07) is 18.7. The number of hydrogen-bond donors (Lipinski definition) is 1. The first kappa shape index (κ1) is 20.6. The predicted octanol–water partition coefficient (Wildman–Crippen LogP) is 4.34. The van der Waals surface area contributed by atoms with Crippen LogP contribution in [0, 0.1) is 13.8 Å². The minimum Gasteiger partial charge on any atom is -0.344 e. The van der Waals surface area contributed by atoms with Crippen LogP contribution in [0.5, 0.6) is 0 Å². The summed E-state index contributed by atoms with van der Waals surface area (Å²) in [5.74, 6) is -0.594. The van der Waals surface area contributed by atoms with Gasteiger partial charge in [0.2, 0.25) is 5.91 Å². The topological polar surface area (TPSA) is 71.4 Å². The lowest BCUT2D eigenvalue weighted by Gasteiger charge is -2.24. The average molecular weight is 415 g/mol. The third-order valence-corrected chi connectivity index (χ3v) is 5.77. The minimum absolute atomic E-state index is 0.185. The summed E-state index contributed by atoms with van der Waals surface area (Å²) in [7, 11) is 0. The Morgan fingerprint density at radius 1 is 0.968 bits per heavy atom. The highest BCUT2D eigenvalue weighted by Crippen LogP contribution is 2.22. The molecule has 0 atom stereocenters. The standard InChI is InChI=1S/C25H25N3O3/c1-17-14-21(18(2)27(17)15-19-8-4-3-5-9-19)23(29)16-28-24(30)13-12-20-10-6-7-11-22(20)26-25(28)31/h3-11,14H,12-13,15-16H2,1-2H3,(H,26,31). The summed E-state index contributed by atoms with van der Waals surface area (Å²) in [6.45, 7) is 4.24. The molecule has 0 aliphatic carbocycles. The van der Waals surface area contributed by atoms with Gasteiger partial charge in [0.15, 0.2) is 5.78 Å². The van der Waals surface area contributed by atoms with Gasteiger partial charge in [-0.3, -0.25) is 14.5 Å². The molecular weight excluding hydrogens is 390 g/mol. The fraction of sp³-hybridized carbons (Fsp3) is 0.240. The molecule has 6 nitrogen and oxygen atoms in total. The number of rotatable bonds is 5. The fourth-order valence-corrected chi connectivity index (χ4v) is 4.01. The number of urea groups is 1. The van der Waals surface area contributed by atoms with Crippen LogP contribution in [-0.2, 0) is 17.8 Å². The third kappa shape index (κ3) is 4.28. The molecule has 0 unspecified atom stereocenters. The van der Waals surface area contributed by atoms with Crippen molar-refractivity contribution in [2.45, 2.75) is 33.2 Å². The number of carbonyl (C=O) groups excluding carboxylic acids is 3. The second-order valence-electron chi connectivity index (χ2n) is 7.85. The van der Waals surface area contributed by atoms with Crippen LogP contribution in [0.2, 0.25) is 0 Å². The maximum atomic E-state index is 13.1. The maximum Gasteiger partial charge on any atom is 0.328 e. The summed E-state index contributed by atoms with van der Waals surface area (Å²) >= 11 is 0. The molecule has 1 N–H and O–H groups in total. The van der Waals surface area contributed by atoms with Crippen molar-refractivity contribution in [3.8, 4) is 0 Å². The van der Waals surface area contributed by atoms with Gasteiger partial charge < -0.3 is 9.88 Å². The maximum absolute atomic E-state index is 13.1. The number of ketones is 1. The van der Waals surface area contributed by atoms with Gasteiger partial charge in [-0.25, -0.2) is 4.79 Å². The van der Waals surface area contributed by atoms with Gasteiger partial charge in [0, 0.05) is 35.6 Å². The summed E-state index contributed by atoms with van der Waals surface area (Å²) in [5.41, 5.74) is 5.06. The van der Waals surface area contributed by atoms with Crippen LogP contribution in [0.1, 0.15) is 39.3 Å². The van der Waals surface area contributed by atoms with E-state index in [0.29, 0.717) is 24.2 Å². The molecule has 3 amide bonds. The molecule has 0 spiro atoms. The highest BCUT2D eigenvalue weighted by molar-refractivity contribution is 6.08. The number of aromatic nitrogens is 1. The Morgan fingerprint density at radius 3 is 2.45 bits per heavy atom. The number of para-hydroxylation sites is 1. The first-order valence-corrected chi connectivity index (χ1v) is 10.4. The number of Topliss-reactive ketones (excluding diaryl/α,β-unsaturated/α-hetero) is 1. The number of benzene rings is 2. The van der Waals surface area contributed by atoms with Gasteiger partial charge in [-0.15, -0.1) is 0 Å². The molecule has 1 aliphatic rings. The van der Waals surface area contributed by atoms with E-state index in [1.807, 2.05) is 68.4 Å². The highest BCUT2D eigenvalue weighted by atomic mass is 16.2. The van der Waals surface area contributed by atoms with Crippen LogP contribution in [0.3, 0.4) is 0 Å². The van der Waals surface area contributed by atoms with Crippen LogP contribution < -0.4 is 5.32 Å². The van der Waals surface area contributed by atoms with Crippen molar-refractivity contribution in [1.29, 1.82) is 0 Å². The molecule has 2 heterocycles. The number of carbonyl (C=O) groups is 3. The Balaban J connectivity index is 1.54. The van der Waals surface area contributed by atoms with E-state index in [0.717, 1.165) is 27.4 Å². The molecule has 0 saturated heterocycles. The molecule has 0 fully saturated rings. The van der Waals surface area contributed by atoms with E-state index < -0.39 is 6.03 Å². The van der Waals surface area contributed by atoms with Crippen molar-refractivity contribution in [3.05, 3.63) is 88.7 Å². The largest absolute Gasteiger partial charge is 0.344 e. The van der Waals surface area contributed by atoms with E-state index in [1.54, 1.807) is 6.07 Å². The number of aryl methyl sites for hydroxylation is 2. The summed E-state index contributed by atoms with van der Waals surface area (Å²) in [6.07, 6.45) is 0.705. The zero-order chi connectivity index (χ0) is 22.0.